The Kier molecular flexibility index (Phi) is 57.6. The monoisotopic (exact) mass is 1120 g/mol. The largest absolute Gasteiger partial charge is 0.477 e. The van der Waals surface area contributed by atoms with E-state index < -0.39 is 24.3 Å². The summed E-state index contributed by atoms with van der Waals surface area (Å²) in [4.78, 5) is 37.5. The van der Waals surface area contributed by atoms with Gasteiger partial charge in [-0.1, -0.05) is 243 Å². The van der Waals surface area contributed by atoms with Crippen LogP contribution in [0, 0.1) is 0 Å². The number of carboxylic acid groups (broad SMARTS) is 1. The lowest BCUT2D eigenvalue weighted by Crippen LogP contribution is -2.40. The summed E-state index contributed by atoms with van der Waals surface area (Å²) in [5, 5.41) is 9.71. The maximum Gasteiger partial charge on any atom is 0.361 e. The highest BCUT2D eigenvalue weighted by molar-refractivity contribution is 5.71. The Morgan fingerprint density at radius 1 is 0.383 bits per heavy atom. The Labute approximate surface area is 496 Å². The van der Waals surface area contributed by atoms with Crippen molar-refractivity contribution in [2.75, 3.05) is 47.5 Å². The summed E-state index contributed by atoms with van der Waals surface area (Å²) >= 11 is 0. The van der Waals surface area contributed by atoms with Gasteiger partial charge < -0.3 is 28.5 Å². The van der Waals surface area contributed by atoms with Gasteiger partial charge in [-0.15, -0.1) is 0 Å². The topological polar surface area (TPSA) is 108 Å². The summed E-state index contributed by atoms with van der Waals surface area (Å²) in [6, 6.07) is 0. The number of aliphatic carboxylic acids is 1. The third-order valence-electron chi connectivity index (χ3n) is 13.1. The first-order valence-corrected chi connectivity index (χ1v) is 32.0. The van der Waals surface area contributed by atoms with Crippen LogP contribution >= 0.6 is 0 Å². The van der Waals surface area contributed by atoms with Gasteiger partial charge in [-0.3, -0.25) is 9.59 Å². The number of allylic oxidation sites excluding steroid dienone is 24. The summed E-state index contributed by atoms with van der Waals surface area (Å²) in [6.07, 6.45) is 86.5. The molecular weight excluding hydrogens is 1010 g/mol. The molecule has 2 unspecified atom stereocenters. The lowest BCUT2D eigenvalue weighted by Gasteiger charge is -2.25. The van der Waals surface area contributed by atoms with Crippen molar-refractivity contribution >= 4 is 17.9 Å². The highest BCUT2D eigenvalue weighted by Gasteiger charge is 2.25. The molecule has 0 aliphatic rings. The maximum absolute atomic E-state index is 12.9. The Hall–Kier alpha value is -4.83. The summed E-state index contributed by atoms with van der Waals surface area (Å²) in [5.74, 6) is -2.05. The number of carbonyl (C=O) groups excluding carboxylic acids is 2. The number of likely N-dealkylation sites (N-methyl/N-ethyl adjacent to an activating group) is 1. The van der Waals surface area contributed by atoms with Crippen molar-refractivity contribution in [2.24, 2.45) is 0 Å². The predicted octanol–water partition coefficient (Wildman–Crippen LogP) is 19.6. The van der Waals surface area contributed by atoms with Crippen LogP contribution in [0.2, 0.25) is 0 Å². The van der Waals surface area contributed by atoms with Gasteiger partial charge in [-0.05, 0) is 122 Å². The minimum atomic E-state index is -1.53. The SMILES string of the molecule is CC/C=C\C/C=C\C/C=C\C/C=C\C/C=C\C/C=C\C/C=C\C/C=C\C/C=C\C/C=C\C/C=C\CCCCCCCC(=O)OC(COC(=O)CCCCCCCCC/C=C\CCCCCCCC)COC(OCC[N+](C)(C)C)C(=O)O. The van der Waals surface area contributed by atoms with E-state index in [4.69, 9.17) is 18.9 Å². The Balaban J connectivity index is 4.25. The first kappa shape index (κ1) is 76.2. The molecule has 0 saturated heterocycles. The van der Waals surface area contributed by atoms with Gasteiger partial charge in [0.05, 0.1) is 34.4 Å². The number of hydrogen-bond acceptors (Lipinski definition) is 7. The second-order valence-electron chi connectivity index (χ2n) is 22.0. The number of esters is 2. The molecule has 9 heteroatoms. The van der Waals surface area contributed by atoms with Crippen LogP contribution in [-0.4, -0.2) is 87.4 Å². The van der Waals surface area contributed by atoms with Crippen LogP contribution in [0.15, 0.2) is 146 Å². The summed E-state index contributed by atoms with van der Waals surface area (Å²) in [7, 11) is 5.95. The van der Waals surface area contributed by atoms with E-state index in [0.717, 1.165) is 135 Å². The van der Waals surface area contributed by atoms with E-state index in [2.05, 4.69) is 160 Å². The van der Waals surface area contributed by atoms with Crippen molar-refractivity contribution in [3.05, 3.63) is 146 Å². The van der Waals surface area contributed by atoms with E-state index in [-0.39, 0.29) is 38.6 Å². The number of ether oxygens (including phenoxy) is 4. The fourth-order valence-corrected chi connectivity index (χ4v) is 8.19. The van der Waals surface area contributed by atoms with Crippen molar-refractivity contribution in [3.8, 4) is 0 Å². The molecule has 0 aromatic heterocycles. The van der Waals surface area contributed by atoms with E-state index in [1.54, 1.807) is 0 Å². The van der Waals surface area contributed by atoms with E-state index in [1.165, 1.54) is 64.2 Å². The van der Waals surface area contributed by atoms with Crippen LogP contribution < -0.4 is 0 Å². The first-order valence-electron chi connectivity index (χ1n) is 32.0. The Morgan fingerprint density at radius 2 is 0.704 bits per heavy atom. The molecule has 0 fully saturated rings. The molecule has 0 amide bonds. The average molecular weight is 1130 g/mol. The van der Waals surface area contributed by atoms with Gasteiger partial charge in [-0.2, -0.15) is 0 Å². The van der Waals surface area contributed by atoms with Gasteiger partial charge >= 0.3 is 17.9 Å². The summed E-state index contributed by atoms with van der Waals surface area (Å²) in [6.45, 7) is 4.72. The highest BCUT2D eigenvalue weighted by atomic mass is 16.7. The first-order chi connectivity index (χ1) is 39.6. The van der Waals surface area contributed by atoms with Crippen LogP contribution in [0.5, 0.6) is 0 Å². The number of hydrogen-bond donors (Lipinski definition) is 1. The average Bonchev–Trinajstić information content (AvgIpc) is 3.44. The van der Waals surface area contributed by atoms with E-state index in [1.807, 2.05) is 21.1 Å². The second-order valence-corrected chi connectivity index (χ2v) is 22.0. The molecule has 0 heterocycles. The molecule has 0 aromatic carbocycles. The van der Waals surface area contributed by atoms with Crippen molar-refractivity contribution in [1.82, 2.24) is 0 Å². The van der Waals surface area contributed by atoms with Crippen molar-refractivity contribution in [2.45, 2.75) is 245 Å². The fraction of sp³-hybridized carbons (Fsp3) is 0.625. The molecule has 0 spiro atoms. The number of quaternary nitrogens is 1. The van der Waals surface area contributed by atoms with Gasteiger partial charge in [0.1, 0.15) is 13.2 Å². The normalized spacial score (nSPS) is 13.7. The number of nitrogens with zero attached hydrogens (tertiary/aromatic N) is 1. The van der Waals surface area contributed by atoms with Crippen molar-refractivity contribution in [3.63, 3.8) is 0 Å². The molecule has 2 atom stereocenters. The molecule has 81 heavy (non-hydrogen) atoms. The van der Waals surface area contributed by atoms with Gasteiger partial charge in [0, 0.05) is 12.8 Å². The molecule has 9 nitrogen and oxygen atoms in total. The number of carboxylic acids is 1. The third-order valence-corrected chi connectivity index (χ3v) is 13.1. The molecule has 0 radical (unpaired) electrons. The summed E-state index contributed by atoms with van der Waals surface area (Å²) < 4.78 is 22.9. The molecule has 1 N–H and O–H groups in total. The zero-order valence-corrected chi connectivity index (χ0v) is 52.1. The lowest BCUT2D eigenvalue weighted by atomic mass is 10.1. The quantitative estimate of drug-likeness (QED) is 0.0211. The van der Waals surface area contributed by atoms with Gasteiger partial charge in [-0.25, -0.2) is 4.79 Å². The number of carbonyl (C=O) groups is 3. The van der Waals surface area contributed by atoms with Crippen LogP contribution in [0.3, 0.4) is 0 Å². The summed E-state index contributed by atoms with van der Waals surface area (Å²) in [5.41, 5.74) is 0. The predicted molar refractivity (Wildman–Crippen MR) is 345 cm³/mol. The molecular formula is C72H118NO8+. The smallest absolute Gasteiger partial charge is 0.361 e. The molecule has 0 saturated carbocycles. The van der Waals surface area contributed by atoms with E-state index >= 15 is 0 Å². The third kappa shape index (κ3) is 62.6. The van der Waals surface area contributed by atoms with Crippen LogP contribution in [0.1, 0.15) is 232 Å². The maximum atomic E-state index is 12.9. The molecule has 458 valence electrons. The van der Waals surface area contributed by atoms with Crippen LogP contribution in [0.25, 0.3) is 0 Å². The molecule has 0 rings (SSSR count). The van der Waals surface area contributed by atoms with Gasteiger partial charge in [0.2, 0.25) is 0 Å². The van der Waals surface area contributed by atoms with Crippen LogP contribution in [0.4, 0.5) is 0 Å². The molecule has 0 aromatic rings. The minimum Gasteiger partial charge on any atom is -0.477 e. The highest BCUT2D eigenvalue weighted by Crippen LogP contribution is 2.14. The minimum absolute atomic E-state index is 0.176. The van der Waals surface area contributed by atoms with Crippen molar-refractivity contribution < 1.29 is 42.9 Å². The Morgan fingerprint density at radius 3 is 1.06 bits per heavy atom. The standard InChI is InChI=1S/C72H117NO8/c1-6-8-10-12-14-16-18-20-22-24-25-26-27-28-29-30-31-32-33-34-35-36-37-38-39-40-41-42-43-44-45-47-49-51-53-55-57-59-61-63-70(75)81-68(67-80-72(71(76)77)78-65-64-73(3,4)5)66-79-69(74)62-60-58-56-54-52-50-48-46-23-21-19-17-15-13-11-9-7-2/h8,10,14,16,20-23,25-26,28-29,31-32,34-35,37-38,40-41,43-44,47,49,68,72H,6-7,9,11-13,15,17-19,24,27,30,33,36,39,42,45-46,48,50-67H2,1-5H3/p+1/b10-8-,16-14-,22-20-,23-21-,26-25-,29-28-,32-31-,35-34-,38-37-,41-40-,44-43-,49-47-. The Bertz CT molecular complexity index is 1840. The van der Waals surface area contributed by atoms with Gasteiger partial charge in [0.25, 0.3) is 6.29 Å². The van der Waals surface area contributed by atoms with Crippen molar-refractivity contribution in [1.29, 1.82) is 0 Å². The molecule has 0 aliphatic heterocycles. The number of rotatable bonds is 57. The van der Waals surface area contributed by atoms with Gasteiger partial charge in [0.15, 0.2) is 6.10 Å². The second kappa shape index (κ2) is 61.2. The lowest BCUT2D eigenvalue weighted by molar-refractivity contribution is -0.870. The molecule has 0 aliphatic carbocycles. The number of unbranched alkanes of at least 4 members (excludes halogenated alkanes) is 18. The zero-order valence-electron chi connectivity index (χ0n) is 52.1. The zero-order chi connectivity index (χ0) is 59.1. The van der Waals surface area contributed by atoms with E-state index in [9.17, 15) is 19.5 Å². The molecule has 0 bridgehead atoms. The van der Waals surface area contributed by atoms with E-state index in [0.29, 0.717) is 17.4 Å². The van der Waals surface area contributed by atoms with Crippen LogP contribution in [-0.2, 0) is 33.3 Å². The fourth-order valence-electron chi connectivity index (χ4n) is 8.19.